The monoisotopic (exact) mass is 296 g/mol. The van der Waals surface area contributed by atoms with Crippen LogP contribution < -0.4 is 10.5 Å². The summed E-state index contributed by atoms with van der Waals surface area (Å²) in [6.45, 7) is 1.21. The van der Waals surface area contributed by atoms with Gasteiger partial charge in [-0.25, -0.2) is 13.1 Å². The summed E-state index contributed by atoms with van der Waals surface area (Å²) in [5, 5.41) is 0. The van der Waals surface area contributed by atoms with E-state index in [0.717, 1.165) is 44.9 Å². The fourth-order valence-corrected chi connectivity index (χ4v) is 3.75. The Morgan fingerprint density at radius 3 is 2.60 bits per heavy atom. The number of hydrogen-bond donors (Lipinski definition) is 2. The molecule has 0 amide bonds. The summed E-state index contributed by atoms with van der Waals surface area (Å²) in [6.07, 6.45) is 7.16. The van der Waals surface area contributed by atoms with Gasteiger partial charge in [-0.05, 0) is 61.9 Å². The Hall–Kier alpha value is -0.910. The Kier molecular flexibility index (Phi) is 5.57. The highest BCUT2D eigenvalue weighted by Crippen LogP contribution is 2.24. The Bertz CT molecular complexity index is 541. The molecule has 3 N–H and O–H groups in total. The molecular weight excluding hydrogens is 272 g/mol. The lowest BCUT2D eigenvalue weighted by Crippen LogP contribution is -2.25. The normalized spacial score (nSPS) is 14.4. The van der Waals surface area contributed by atoms with Gasteiger partial charge in [0.1, 0.15) is 0 Å². The van der Waals surface area contributed by atoms with E-state index in [1.165, 1.54) is 11.1 Å². The van der Waals surface area contributed by atoms with Gasteiger partial charge in [0.05, 0.1) is 4.90 Å². The van der Waals surface area contributed by atoms with Crippen molar-refractivity contribution in [2.24, 2.45) is 5.73 Å². The van der Waals surface area contributed by atoms with Gasteiger partial charge in [-0.3, -0.25) is 0 Å². The summed E-state index contributed by atoms with van der Waals surface area (Å²) in [4.78, 5) is 0.403. The van der Waals surface area contributed by atoms with Gasteiger partial charge in [0, 0.05) is 6.54 Å². The zero-order valence-electron chi connectivity index (χ0n) is 11.9. The first-order chi connectivity index (χ1) is 9.63. The van der Waals surface area contributed by atoms with Crippen molar-refractivity contribution < 1.29 is 8.42 Å². The standard InChI is InChI=1S/C15H24N2O2S/c16-10-3-1-2-4-11-17-20(18,19)15-9-8-13-6-5-7-14(13)12-15/h8-9,12,17H,1-7,10-11,16H2. The van der Waals surface area contributed by atoms with Crippen LogP contribution in [0.2, 0.25) is 0 Å². The predicted molar refractivity (Wildman–Crippen MR) is 81.2 cm³/mol. The van der Waals surface area contributed by atoms with Crippen molar-refractivity contribution in [1.82, 2.24) is 4.72 Å². The molecule has 0 saturated carbocycles. The topological polar surface area (TPSA) is 72.2 Å². The highest BCUT2D eigenvalue weighted by molar-refractivity contribution is 7.89. The number of rotatable bonds is 8. The van der Waals surface area contributed by atoms with Crippen molar-refractivity contribution in [3.05, 3.63) is 29.3 Å². The van der Waals surface area contributed by atoms with E-state index in [9.17, 15) is 8.42 Å². The molecule has 1 aliphatic rings. The van der Waals surface area contributed by atoms with Crippen molar-refractivity contribution >= 4 is 10.0 Å². The number of hydrogen-bond acceptors (Lipinski definition) is 3. The smallest absolute Gasteiger partial charge is 0.240 e. The SMILES string of the molecule is NCCCCCCNS(=O)(=O)c1ccc2c(c1)CCC2. The largest absolute Gasteiger partial charge is 0.330 e. The van der Waals surface area contributed by atoms with E-state index in [1.54, 1.807) is 6.07 Å². The Balaban J connectivity index is 1.87. The number of nitrogens with one attached hydrogen (secondary N) is 1. The summed E-state index contributed by atoms with van der Waals surface area (Å²) in [5.74, 6) is 0. The third kappa shape index (κ3) is 4.04. The van der Waals surface area contributed by atoms with Crippen LogP contribution in [0.25, 0.3) is 0 Å². The summed E-state index contributed by atoms with van der Waals surface area (Å²) >= 11 is 0. The molecule has 4 nitrogen and oxygen atoms in total. The third-order valence-electron chi connectivity index (χ3n) is 3.80. The molecule has 2 rings (SSSR count). The first-order valence-corrected chi connectivity index (χ1v) is 8.93. The average molecular weight is 296 g/mol. The minimum atomic E-state index is -3.35. The highest BCUT2D eigenvalue weighted by Gasteiger charge is 2.17. The highest BCUT2D eigenvalue weighted by atomic mass is 32.2. The zero-order valence-corrected chi connectivity index (χ0v) is 12.7. The van der Waals surface area contributed by atoms with Crippen molar-refractivity contribution in [3.63, 3.8) is 0 Å². The first kappa shape index (κ1) is 15.5. The minimum Gasteiger partial charge on any atom is -0.330 e. The van der Waals surface area contributed by atoms with Crippen LogP contribution in [0.1, 0.15) is 43.2 Å². The molecule has 0 fully saturated rings. The Morgan fingerprint density at radius 1 is 1.05 bits per heavy atom. The molecule has 20 heavy (non-hydrogen) atoms. The van der Waals surface area contributed by atoms with Crippen molar-refractivity contribution in [3.8, 4) is 0 Å². The fourth-order valence-electron chi connectivity index (χ4n) is 2.63. The molecule has 0 unspecified atom stereocenters. The van der Waals surface area contributed by atoms with Crippen LogP contribution in [0.15, 0.2) is 23.1 Å². The Morgan fingerprint density at radius 2 is 1.80 bits per heavy atom. The number of nitrogens with two attached hydrogens (primary N) is 1. The molecule has 0 aliphatic heterocycles. The predicted octanol–water partition coefficient (Wildman–Crippen LogP) is 1.97. The molecule has 0 heterocycles. The van der Waals surface area contributed by atoms with Crippen molar-refractivity contribution in [2.45, 2.75) is 49.8 Å². The molecule has 0 bridgehead atoms. The van der Waals surface area contributed by atoms with Crippen molar-refractivity contribution in [1.29, 1.82) is 0 Å². The molecule has 0 radical (unpaired) electrons. The first-order valence-electron chi connectivity index (χ1n) is 7.45. The summed E-state index contributed by atoms with van der Waals surface area (Å²) in [7, 11) is -3.35. The van der Waals surface area contributed by atoms with Crippen LogP contribution in [0.5, 0.6) is 0 Å². The van der Waals surface area contributed by atoms with Gasteiger partial charge >= 0.3 is 0 Å². The van der Waals surface area contributed by atoms with E-state index in [0.29, 0.717) is 18.0 Å². The number of aryl methyl sites for hydroxylation is 2. The lowest BCUT2D eigenvalue weighted by molar-refractivity contribution is 0.572. The van der Waals surface area contributed by atoms with Crippen LogP contribution in [-0.4, -0.2) is 21.5 Å². The molecule has 0 atom stereocenters. The molecule has 1 aliphatic carbocycles. The van der Waals surface area contributed by atoms with Crippen LogP contribution in [0.3, 0.4) is 0 Å². The van der Waals surface area contributed by atoms with Crippen molar-refractivity contribution in [2.75, 3.05) is 13.1 Å². The van der Waals surface area contributed by atoms with Gasteiger partial charge in [-0.15, -0.1) is 0 Å². The second-order valence-electron chi connectivity index (χ2n) is 5.38. The lowest BCUT2D eigenvalue weighted by Gasteiger charge is -2.08. The average Bonchev–Trinajstić information content (AvgIpc) is 2.90. The lowest BCUT2D eigenvalue weighted by atomic mass is 10.1. The third-order valence-corrected chi connectivity index (χ3v) is 5.26. The van der Waals surface area contributed by atoms with E-state index in [4.69, 9.17) is 5.73 Å². The van der Waals surface area contributed by atoms with E-state index < -0.39 is 10.0 Å². The summed E-state index contributed by atoms with van der Waals surface area (Å²) in [5.41, 5.74) is 7.91. The number of fused-ring (bicyclic) bond motifs is 1. The quantitative estimate of drug-likeness (QED) is 0.720. The molecule has 0 aromatic heterocycles. The fraction of sp³-hybridized carbons (Fsp3) is 0.600. The molecule has 112 valence electrons. The van der Waals surface area contributed by atoms with Crippen LogP contribution in [-0.2, 0) is 22.9 Å². The molecule has 1 aromatic rings. The van der Waals surface area contributed by atoms with E-state index in [1.807, 2.05) is 12.1 Å². The Labute approximate surface area is 121 Å². The van der Waals surface area contributed by atoms with Crippen LogP contribution in [0.4, 0.5) is 0 Å². The molecule has 0 saturated heterocycles. The molecule has 1 aromatic carbocycles. The van der Waals surface area contributed by atoms with Crippen LogP contribution in [0, 0.1) is 0 Å². The van der Waals surface area contributed by atoms with Gasteiger partial charge in [-0.2, -0.15) is 0 Å². The second-order valence-corrected chi connectivity index (χ2v) is 7.15. The van der Waals surface area contributed by atoms with Gasteiger partial charge in [0.2, 0.25) is 10.0 Å². The minimum absolute atomic E-state index is 0.403. The van der Waals surface area contributed by atoms with Gasteiger partial charge < -0.3 is 5.73 Å². The maximum absolute atomic E-state index is 12.2. The summed E-state index contributed by atoms with van der Waals surface area (Å²) < 4.78 is 27.1. The maximum atomic E-state index is 12.2. The van der Waals surface area contributed by atoms with Gasteiger partial charge in [0.15, 0.2) is 0 Å². The van der Waals surface area contributed by atoms with Gasteiger partial charge in [-0.1, -0.05) is 18.9 Å². The number of benzene rings is 1. The van der Waals surface area contributed by atoms with Crippen LogP contribution >= 0.6 is 0 Å². The summed E-state index contributed by atoms with van der Waals surface area (Å²) in [6, 6.07) is 5.51. The molecule has 5 heteroatoms. The van der Waals surface area contributed by atoms with E-state index in [2.05, 4.69) is 4.72 Å². The van der Waals surface area contributed by atoms with E-state index in [-0.39, 0.29) is 0 Å². The second kappa shape index (κ2) is 7.20. The maximum Gasteiger partial charge on any atom is 0.240 e. The zero-order chi connectivity index (χ0) is 14.4. The number of unbranched alkanes of at least 4 members (excludes halogenated alkanes) is 3. The number of sulfonamides is 1. The molecule has 0 spiro atoms. The molecular formula is C15H24N2O2S. The van der Waals surface area contributed by atoms with Gasteiger partial charge in [0.25, 0.3) is 0 Å². The van der Waals surface area contributed by atoms with E-state index >= 15 is 0 Å².